The van der Waals surface area contributed by atoms with Crippen molar-refractivity contribution >= 4 is 16.9 Å². The van der Waals surface area contributed by atoms with E-state index in [2.05, 4.69) is 0 Å². The minimum atomic E-state index is -0.295. The summed E-state index contributed by atoms with van der Waals surface area (Å²) < 4.78 is 12.7. The Morgan fingerprint density at radius 1 is 0.938 bits per heavy atom. The SMILES string of the molecule is O=C(Sc1ccc(F)cc1)c1ccccc1. The minimum absolute atomic E-state index is 0.0350. The third kappa shape index (κ3) is 2.70. The second-order valence-corrected chi connectivity index (χ2v) is 4.26. The number of hydrogen-bond acceptors (Lipinski definition) is 2. The largest absolute Gasteiger partial charge is 0.281 e. The van der Waals surface area contributed by atoms with Crippen molar-refractivity contribution < 1.29 is 9.18 Å². The van der Waals surface area contributed by atoms with E-state index in [1.807, 2.05) is 18.2 Å². The van der Waals surface area contributed by atoms with E-state index in [0.29, 0.717) is 5.56 Å². The molecule has 2 aromatic rings. The van der Waals surface area contributed by atoms with E-state index in [1.54, 1.807) is 24.3 Å². The molecule has 16 heavy (non-hydrogen) atoms. The first kappa shape index (κ1) is 10.9. The third-order valence-corrected chi connectivity index (χ3v) is 2.96. The summed E-state index contributed by atoms with van der Waals surface area (Å²) in [5, 5.41) is -0.0350. The number of carbonyl (C=O) groups excluding carboxylic acids is 1. The van der Waals surface area contributed by atoms with Crippen LogP contribution >= 0.6 is 11.8 Å². The van der Waals surface area contributed by atoms with Gasteiger partial charge in [-0.1, -0.05) is 30.3 Å². The Morgan fingerprint density at radius 2 is 1.56 bits per heavy atom. The maximum Gasteiger partial charge on any atom is 0.224 e. The van der Waals surface area contributed by atoms with E-state index in [1.165, 1.54) is 12.1 Å². The molecule has 0 saturated heterocycles. The van der Waals surface area contributed by atoms with Crippen molar-refractivity contribution in [3.05, 3.63) is 66.0 Å². The summed E-state index contributed by atoms with van der Waals surface area (Å²) in [5.41, 5.74) is 0.650. The molecule has 3 heteroatoms. The lowest BCUT2D eigenvalue weighted by Crippen LogP contribution is -1.91. The topological polar surface area (TPSA) is 17.1 Å². The van der Waals surface area contributed by atoms with Gasteiger partial charge in [0.15, 0.2) is 0 Å². The standard InChI is InChI=1S/C13H9FOS/c14-11-6-8-12(9-7-11)16-13(15)10-4-2-1-3-5-10/h1-9H. The van der Waals surface area contributed by atoms with Crippen LogP contribution < -0.4 is 0 Å². The summed E-state index contributed by atoms with van der Waals surface area (Å²) >= 11 is 1.10. The van der Waals surface area contributed by atoms with Gasteiger partial charge in [-0.05, 0) is 36.0 Å². The zero-order chi connectivity index (χ0) is 11.4. The van der Waals surface area contributed by atoms with E-state index < -0.39 is 0 Å². The van der Waals surface area contributed by atoms with Crippen LogP contribution in [-0.2, 0) is 0 Å². The zero-order valence-corrected chi connectivity index (χ0v) is 9.21. The fraction of sp³-hybridized carbons (Fsp3) is 0. The summed E-state index contributed by atoms with van der Waals surface area (Å²) in [6.45, 7) is 0. The van der Waals surface area contributed by atoms with Gasteiger partial charge >= 0.3 is 0 Å². The molecule has 0 bridgehead atoms. The van der Waals surface area contributed by atoms with E-state index >= 15 is 0 Å². The Labute approximate surface area is 97.3 Å². The molecule has 0 radical (unpaired) electrons. The molecule has 0 saturated carbocycles. The highest BCUT2D eigenvalue weighted by Crippen LogP contribution is 2.22. The second kappa shape index (κ2) is 4.94. The first-order valence-corrected chi connectivity index (χ1v) is 5.60. The molecule has 1 nitrogen and oxygen atoms in total. The number of thioether (sulfide) groups is 1. The molecule has 0 aromatic heterocycles. The van der Waals surface area contributed by atoms with Crippen LogP contribution in [0.5, 0.6) is 0 Å². The quantitative estimate of drug-likeness (QED) is 0.733. The summed E-state index contributed by atoms with van der Waals surface area (Å²) in [5.74, 6) is -0.295. The molecular formula is C13H9FOS. The predicted octanol–water partition coefficient (Wildman–Crippen LogP) is 3.76. The Hall–Kier alpha value is -1.61. The highest BCUT2D eigenvalue weighted by Gasteiger charge is 2.06. The van der Waals surface area contributed by atoms with Gasteiger partial charge in [0, 0.05) is 10.5 Å². The average Bonchev–Trinajstić information content (AvgIpc) is 2.33. The van der Waals surface area contributed by atoms with Crippen molar-refractivity contribution in [1.29, 1.82) is 0 Å². The van der Waals surface area contributed by atoms with Gasteiger partial charge in [0.25, 0.3) is 0 Å². The van der Waals surface area contributed by atoms with Crippen LogP contribution in [0.25, 0.3) is 0 Å². The normalized spacial score (nSPS) is 10.1. The maximum absolute atomic E-state index is 12.7. The summed E-state index contributed by atoms with van der Waals surface area (Å²) in [4.78, 5) is 12.5. The van der Waals surface area contributed by atoms with Crippen LogP contribution in [0.15, 0.2) is 59.5 Å². The molecule has 0 atom stereocenters. The van der Waals surface area contributed by atoms with Gasteiger partial charge in [-0.15, -0.1) is 0 Å². The molecule has 0 aliphatic rings. The summed E-state index contributed by atoms with van der Waals surface area (Å²) in [7, 11) is 0. The molecule has 2 rings (SSSR count). The minimum Gasteiger partial charge on any atom is -0.281 e. The number of rotatable bonds is 2. The lowest BCUT2D eigenvalue weighted by atomic mass is 10.2. The summed E-state index contributed by atoms with van der Waals surface area (Å²) in [6, 6.07) is 14.9. The highest BCUT2D eigenvalue weighted by atomic mass is 32.2. The first-order valence-electron chi connectivity index (χ1n) is 4.78. The lowest BCUT2D eigenvalue weighted by Gasteiger charge is -2.00. The Kier molecular flexibility index (Phi) is 3.37. The summed E-state index contributed by atoms with van der Waals surface area (Å²) in [6.07, 6.45) is 0. The molecule has 0 fully saturated rings. The van der Waals surface area contributed by atoms with Gasteiger partial charge in [0.1, 0.15) is 5.82 Å². The highest BCUT2D eigenvalue weighted by molar-refractivity contribution is 8.14. The van der Waals surface area contributed by atoms with Crippen LogP contribution in [0, 0.1) is 5.82 Å². The van der Waals surface area contributed by atoms with Gasteiger partial charge in [-0.2, -0.15) is 0 Å². The van der Waals surface area contributed by atoms with Crippen molar-refractivity contribution in [3.63, 3.8) is 0 Å². The van der Waals surface area contributed by atoms with Gasteiger partial charge in [0.05, 0.1) is 0 Å². The van der Waals surface area contributed by atoms with Gasteiger partial charge < -0.3 is 0 Å². The van der Waals surface area contributed by atoms with E-state index in [-0.39, 0.29) is 10.9 Å². The van der Waals surface area contributed by atoms with Crippen molar-refractivity contribution in [2.24, 2.45) is 0 Å². The molecule has 80 valence electrons. The monoisotopic (exact) mass is 232 g/mol. The van der Waals surface area contributed by atoms with Crippen LogP contribution in [0.3, 0.4) is 0 Å². The van der Waals surface area contributed by atoms with Crippen LogP contribution in [0.2, 0.25) is 0 Å². The van der Waals surface area contributed by atoms with Gasteiger partial charge in [0.2, 0.25) is 5.12 Å². The van der Waals surface area contributed by atoms with Crippen LogP contribution in [0.1, 0.15) is 10.4 Å². The van der Waals surface area contributed by atoms with Gasteiger partial charge in [-0.25, -0.2) is 4.39 Å². The number of hydrogen-bond donors (Lipinski definition) is 0. The molecule has 0 N–H and O–H groups in total. The Bertz CT molecular complexity index is 479. The van der Waals surface area contributed by atoms with E-state index in [4.69, 9.17) is 0 Å². The number of carbonyl (C=O) groups is 1. The average molecular weight is 232 g/mol. The number of benzene rings is 2. The molecule has 0 amide bonds. The smallest absolute Gasteiger partial charge is 0.224 e. The molecule has 0 aliphatic heterocycles. The van der Waals surface area contributed by atoms with Gasteiger partial charge in [-0.3, -0.25) is 4.79 Å². The Morgan fingerprint density at radius 3 is 2.19 bits per heavy atom. The Balaban J connectivity index is 2.11. The third-order valence-electron chi connectivity index (χ3n) is 2.03. The molecule has 0 aliphatic carbocycles. The molecular weight excluding hydrogens is 223 g/mol. The van der Waals surface area contributed by atoms with Crippen LogP contribution in [-0.4, -0.2) is 5.12 Å². The molecule has 0 unspecified atom stereocenters. The van der Waals surface area contributed by atoms with E-state index in [0.717, 1.165) is 16.7 Å². The number of halogens is 1. The van der Waals surface area contributed by atoms with E-state index in [9.17, 15) is 9.18 Å². The maximum atomic E-state index is 12.7. The van der Waals surface area contributed by atoms with Crippen molar-refractivity contribution in [1.82, 2.24) is 0 Å². The lowest BCUT2D eigenvalue weighted by molar-refractivity contribution is 0.108. The van der Waals surface area contributed by atoms with Crippen molar-refractivity contribution in [2.75, 3.05) is 0 Å². The molecule has 2 aromatic carbocycles. The van der Waals surface area contributed by atoms with Crippen LogP contribution in [0.4, 0.5) is 4.39 Å². The fourth-order valence-electron chi connectivity index (χ4n) is 1.24. The molecule has 0 heterocycles. The second-order valence-electron chi connectivity index (χ2n) is 3.21. The fourth-order valence-corrected chi connectivity index (χ4v) is 1.98. The van der Waals surface area contributed by atoms with Crippen molar-refractivity contribution in [3.8, 4) is 0 Å². The van der Waals surface area contributed by atoms with Crippen molar-refractivity contribution in [2.45, 2.75) is 4.90 Å². The zero-order valence-electron chi connectivity index (χ0n) is 8.39. The molecule has 0 spiro atoms. The first-order chi connectivity index (χ1) is 7.75. The predicted molar refractivity (Wildman–Crippen MR) is 63.0 cm³/mol.